The second-order valence-electron chi connectivity index (χ2n) is 7.72. The van der Waals surface area contributed by atoms with Crippen molar-refractivity contribution in [3.8, 4) is 11.5 Å². The number of methoxy groups -OCH3 is 2. The van der Waals surface area contributed by atoms with Crippen LogP contribution < -0.4 is 14.8 Å². The Bertz CT molecular complexity index is 994. The molecule has 0 unspecified atom stereocenters. The highest BCUT2D eigenvalue weighted by Gasteiger charge is 2.29. The fourth-order valence-electron chi connectivity index (χ4n) is 3.68. The van der Waals surface area contributed by atoms with E-state index in [-0.39, 0.29) is 12.5 Å². The van der Waals surface area contributed by atoms with Crippen LogP contribution in [0, 0.1) is 0 Å². The smallest absolute Gasteiger partial charge is 0.243 e. The van der Waals surface area contributed by atoms with E-state index in [4.69, 9.17) is 9.47 Å². The second kappa shape index (κ2) is 10.8. The van der Waals surface area contributed by atoms with Crippen LogP contribution in [0.15, 0.2) is 47.4 Å². The number of amides is 1. The third kappa shape index (κ3) is 5.99. The molecule has 2 aromatic rings. The fourth-order valence-corrected chi connectivity index (χ4v) is 5.10. The molecule has 0 atom stereocenters. The zero-order valence-electron chi connectivity index (χ0n) is 18.8. The molecule has 1 N–H and O–H groups in total. The van der Waals surface area contributed by atoms with E-state index >= 15 is 0 Å². The van der Waals surface area contributed by atoms with Gasteiger partial charge in [-0.2, -0.15) is 4.31 Å². The normalized spacial score (nSPS) is 15.3. The Morgan fingerprint density at radius 1 is 0.969 bits per heavy atom. The van der Waals surface area contributed by atoms with Crippen LogP contribution >= 0.6 is 0 Å². The van der Waals surface area contributed by atoms with Gasteiger partial charge >= 0.3 is 0 Å². The summed E-state index contributed by atoms with van der Waals surface area (Å²) >= 11 is 0. The van der Waals surface area contributed by atoms with Gasteiger partial charge in [-0.3, -0.25) is 9.69 Å². The molecule has 0 bridgehead atoms. The number of rotatable bonds is 9. The quantitative estimate of drug-likeness (QED) is 0.618. The van der Waals surface area contributed by atoms with Crippen molar-refractivity contribution in [2.75, 3.05) is 52.3 Å². The van der Waals surface area contributed by atoms with E-state index in [2.05, 4.69) is 12.2 Å². The molecule has 1 amide bonds. The minimum atomic E-state index is -3.53. The molecule has 1 heterocycles. The highest BCUT2D eigenvalue weighted by Crippen LogP contribution is 2.26. The van der Waals surface area contributed by atoms with E-state index < -0.39 is 10.0 Å². The lowest BCUT2D eigenvalue weighted by atomic mass is 10.1. The minimum Gasteiger partial charge on any atom is -0.497 e. The van der Waals surface area contributed by atoms with E-state index in [1.54, 1.807) is 44.6 Å². The van der Waals surface area contributed by atoms with Gasteiger partial charge in [0.05, 0.1) is 25.7 Å². The van der Waals surface area contributed by atoms with Gasteiger partial charge in [0.15, 0.2) is 0 Å². The summed E-state index contributed by atoms with van der Waals surface area (Å²) < 4.78 is 37.8. The van der Waals surface area contributed by atoms with Gasteiger partial charge in [-0.15, -0.1) is 0 Å². The molecule has 0 radical (unpaired) electrons. The molecule has 174 valence electrons. The van der Waals surface area contributed by atoms with Crippen LogP contribution in [-0.2, 0) is 21.2 Å². The van der Waals surface area contributed by atoms with Gasteiger partial charge in [-0.25, -0.2) is 8.42 Å². The zero-order chi connectivity index (χ0) is 23.1. The molecule has 0 aromatic heterocycles. The maximum absolute atomic E-state index is 13.0. The van der Waals surface area contributed by atoms with Crippen LogP contribution in [-0.4, -0.2) is 70.5 Å². The maximum Gasteiger partial charge on any atom is 0.243 e. The van der Waals surface area contributed by atoms with Crippen LogP contribution in [0.3, 0.4) is 0 Å². The van der Waals surface area contributed by atoms with Gasteiger partial charge in [0.1, 0.15) is 11.5 Å². The van der Waals surface area contributed by atoms with Crippen LogP contribution in [0.2, 0.25) is 0 Å². The second-order valence-corrected chi connectivity index (χ2v) is 9.66. The van der Waals surface area contributed by atoms with Crippen molar-refractivity contribution < 1.29 is 22.7 Å². The van der Waals surface area contributed by atoms with Gasteiger partial charge in [0, 0.05) is 50.1 Å². The molecule has 0 saturated carbocycles. The Morgan fingerprint density at radius 2 is 1.56 bits per heavy atom. The van der Waals surface area contributed by atoms with E-state index in [9.17, 15) is 13.2 Å². The van der Waals surface area contributed by atoms with Crippen molar-refractivity contribution in [3.05, 3.63) is 48.0 Å². The zero-order valence-corrected chi connectivity index (χ0v) is 19.7. The van der Waals surface area contributed by atoms with Crippen molar-refractivity contribution in [2.24, 2.45) is 0 Å². The third-order valence-corrected chi connectivity index (χ3v) is 7.35. The summed E-state index contributed by atoms with van der Waals surface area (Å²) in [5.74, 6) is 0.991. The van der Waals surface area contributed by atoms with Crippen molar-refractivity contribution in [1.82, 2.24) is 9.21 Å². The number of sulfonamides is 1. The number of benzene rings is 2. The monoisotopic (exact) mass is 461 g/mol. The molecule has 1 fully saturated rings. The van der Waals surface area contributed by atoms with Crippen molar-refractivity contribution in [1.29, 1.82) is 0 Å². The molecule has 1 aliphatic rings. The predicted molar refractivity (Wildman–Crippen MR) is 124 cm³/mol. The minimum absolute atomic E-state index is 0.178. The Kier molecular flexibility index (Phi) is 8.11. The molecule has 8 nitrogen and oxygen atoms in total. The van der Waals surface area contributed by atoms with Gasteiger partial charge in [0.2, 0.25) is 15.9 Å². The fraction of sp³-hybridized carbons (Fsp3) is 0.435. The number of hydrogen-bond donors (Lipinski definition) is 1. The Morgan fingerprint density at radius 3 is 2.09 bits per heavy atom. The van der Waals surface area contributed by atoms with Gasteiger partial charge in [-0.1, -0.05) is 25.5 Å². The number of nitrogens with one attached hydrogen (secondary N) is 1. The number of hydrogen-bond acceptors (Lipinski definition) is 6. The van der Waals surface area contributed by atoms with Gasteiger partial charge in [0.25, 0.3) is 0 Å². The van der Waals surface area contributed by atoms with Crippen molar-refractivity contribution in [3.63, 3.8) is 0 Å². The van der Waals surface area contributed by atoms with Gasteiger partial charge < -0.3 is 14.8 Å². The van der Waals surface area contributed by atoms with Crippen LogP contribution in [0.4, 0.5) is 5.69 Å². The Labute approximate surface area is 190 Å². The molecule has 32 heavy (non-hydrogen) atoms. The number of nitrogens with zero attached hydrogens (tertiary/aromatic N) is 2. The topological polar surface area (TPSA) is 88.2 Å². The number of carbonyl (C=O) groups excluding carboxylic acids is 1. The van der Waals surface area contributed by atoms with E-state index in [0.717, 1.165) is 18.4 Å². The molecule has 0 spiro atoms. The first-order chi connectivity index (χ1) is 15.3. The van der Waals surface area contributed by atoms with Crippen LogP contribution in [0.1, 0.15) is 18.9 Å². The summed E-state index contributed by atoms with van der Waals surface area (Å²) in [4.78, 5) is 14.8. The number of anilines is 1. The Hall–Kier alpha value is -2.62. The molecule has 2 aromatic carbocycles. The van der Waals surface area contributed by atoms with Crippen LogP contribution in [0.5, 0.6) is 11.5 Å². The Balaban J connectivity index is 1.54. The maximum atomic E-state index is 13.0. The number of piperazine rings is 1. The summed E-state index contributed by atoms with van der Waals surface area (Å²) in [6.07, 6.45) is 1.95. The third-order valence-electron chi connectivity index (χ3n) is 5.43. The largest absolute Gasteiger partial charge is 0.497 e. The predicted octanol–water partition coefficient (Wildman–Crippen LogP) is 2.60. The SMILES string of the molecule is CCCc1ccc(S(=O)(=O)N2CCN(CC(=O)Nc3cc(OC)cc(OC)c3)CC2)cc1. The number of aryl methyl sites for hydroxylation is 1. The summed E-state index contributed by atoms with van der Waals surface area (Å²) in [7, 11) is -0.433. The van der Waals surface area contributed by atoms with Crippen LogP contribution in [0.25, 0.3) is 0 Å². The van der Waals surface area contributed by atoms with E-state index in [1.165, 1.54) is 4.31 Å². The lowest BCUT2D eigenvalue weighted by Crippen LogP contribution is -2.50. The molecular formula is C23H31N3O5S. The van der Waals surface area contributed by atoms with Crippen molar-refractivity contribution in [2.45, 2.75) is 24.7 Å². The average Bonchev–Trinajstić information content (AvgIpc) is 2.79. The first-order valence-electron chi connectivity index (χ1n) is 10.7. The highest BCUT2D eigenvalue weighted by atomic mass is 32.2. The van der Waals surface area contributed by atoms with E-state index in [0.29, 0.717) is 48.3 Å². The van der Waals surface area contributed by atoms with E-state index in [1.807, 2.05) is 17.0 Å². The standard InChI is InChI=1S/C23H31N3O5S/c1-4-5-18-6-8-22(9-7-18)32(28,29)26-12-10-25(11-13-26)17-23(27)24-19-14-20(30-2)16-21(15-19)31-3/h6-9,14-16H,4-5,10-13,17H2,1-3H3,(H,24,27). The average molecular weight is 462 g/mol. The molecule has 1 aliphatic heterocycles. The summed E-state index contributed by atoms with van der Waals surface area (Å²) in [5, 5.41) is 2.85. The van der Waals surface area contributed by atoms with Crippen molar-refractivity contribution >= 4 is 21.6 Å². The summed E-state index contributed by atoms with van der Waals surface area (Å²) in [6, 6.07) is 12.3. The molecule has 3 rings (SSSR count). The first kappa shape index (κ1) is 24.0. The molecule has 9 heteroatoms. The summed E-state index contributed by atoms with van der Waals surface area (Å²) in [6.45, 7) is 3.94. The lowest BCUT2D eigenvalue weighted by Gasteiger charge is -2.33. The first-order valence-corrected chi connectivity index (χ1v) is 12.1. The highest BCUT2D eigenvalue weighted by molar-refractivity contribution is 7.89. The molecular weight excluding hydrogens is 430 g/mol. The molecule has 1 saturated heterocycles. The van der Waals surface area contributed by atoms with Gasteiger partial charge in [-0.05, 0) is 24.1 Å². The number of ether oxygens (including phenoxy) is 2. The molecule has 0 aliphatic carbocycles. The lowest BCUT2D eigenvalue weighted by molar-refractivity contribution is -0.117. The number of carbonyl (C=O) groups is 1. The summed E-state index contributed by atoms with van der Waals surface area (Å²) in [5.41, 5.74) is 1.72.